The van der Waals surface area contributed by atoms with Crippen LogP contribution < -0.4 is 15.0 Å². The van der Waals surface area contributed by atoms with Crippen LogP contribution in [0.25, 0.3) is 10.9 Å². The van der Waals surface area contributed by atoms with E-state index < -0.39 is 31.7 Å². The zero-order valence-electron chi connectivity index (χ0n) is 19.2. The lowest BCUT2D eigenvalue weighted by molar-refractivity contribution is -0.137. The zero-order valence-corrected chi connectivity index (χ0v) is 20.8. The molecule has 2 aromatic carbocycles. The van der Waals surface area contributed by atoms with Gasteiger partial charge in [0, 0.05) is 32.2 Å². The first kappa shape index (κ1) is 26.2. The number of aromatic amines is 1. The summed E-state index contributed by atoms with van der Waals surface area (Å²) in [5.74, 6) is 1.19. The molecule has 9 nitrogen and oxygen atoms in total. The molecule has 1 aromatic heterocycles. The van der Waals surface area contributed by atoms with Crippen molar-refractivity contribution in [3.05, 3.63) is 57.1 Å². The number of nitrogens with zero attached hydrogens (tertiary/aromatic N) is 3. The maximum absolute atomic E-state index is 13.2. The molecule has 0 atom stereocenters. The van der Waals surface area contributed by atoms with Crippen molar-refractivity contribution in [1.82, 2.24) is 19.2 Å². The summed E-state index contributed by atoms with van der Waals surface area (Å²) in [5.41, 5.74) is -1.15. The Morgan fingerprint density at radius 1 is 1.06 bits per heavy atom. The van der Waals surface area contributed by atoms with Crippen LogP contribution in [0.2, 0.25) is 5.02 Å². The Balaban J connectivity index is 1.49. The van der Waals surface area contributed by atoms with Crippen LogP contribution >= 0.6 is 11.6 Å². The van der Waals surface area contributed by atoms with Crippen molar-refractivity contribution in [2.45, 2.75) is 17.6 Å². The third-order valence-electron chi connectivity index (χ3n) is 5.85. The van der Waals surface area contributed by atoms with E-state index in [0.29, 0.717) is 34.3 Å². The SMILES string of the molecule is COc1cc2nc(CN3CCN(S(=O)(=O)c4ccc(Cl)c(C(F)(F)F)c4)CC3)[nH]c(=O)c2cc1OC. The highest BCUT2D eigenvalue weighted by Crippen LogP contribution is 2.36. The molecule has 1 fully saturated rings. The summed E-state index contributed by atoms with van der Waals surface area (Å²) in [5, 5.41) is -0.243. The van der Waals surface area contributed by atoms with Crippen molar-refractivity contribution in [3.63, 3.8) is 0 Å². The molecule has 36 heavy (non-hydrogen) atoms. The molecule has 1 N–H and O–H groups in total. The highest BCUT2D eigenvalue weighted by atomic mass is 35.5. The Hall–Kier alpha value is -2.87. The topological polar surface area (TPSA) is 105 Å². The third-order valence-corrected chi connectivity index (χ3v) is 8.07. The van der Waals surface area contributed by atoms with E-state index in [9.17, 15) is 26.4 Å². The van der Waals surface area contributed by atoms with Gasteiger partial charge in [-0.2, -0.15) is 17.5 Å². The number of alkyl halides is 3. The van der Waals surface area contributed by atoms with Crippen LogP contribution in [0.1, 0.15) is 11.4 Å². The molecule has 3 aromatic rings. The van der Waals surface area contributed by atoms with E-state index >= 15 is 0 Å². The lowest BCUT2D eigenvalue weighted by Crippen LogP contribution is -2.48. The van der Waals surface area contributed by atoms with Gasteiger partial charge in [-0.1, -0.05) is 11.6 Å². The highest BCUT2D eigenvalue weighted by molar-refractivity contribution is 7.89. The van der Waals surface area contributed by atoms with Gasteiger partial charge in [0.2, 0.25) is 10.0 Å². The molecule has 1 saturated heterocycles. The Kier molecular flexibility index (Phi) is 7.19. The first-order valence-corrected chi connectivity index (χ1v) is 12.5. The Bertz CT molecular complexity index is 1450. The first-order valence-electron chi connectivity index (χ1n) is 10.7. The molecule has 1 aliphatic heterocycles. The second kappa shape index (κ2) is 9.88. The average Bonchev–Trinajstić information content (AvgIpc) is 2.83. The van der Waals surface area contributed by atoms with Crippen LogP contribution in [0.3, 0.4) is 0 Å². The van der Waals surface area contributed by atoms with Crippen molar-refractivity contribution < 1.29 is 31.1 Å². The van der Waals surface area contributed by atoms with Gasteiger partial charge in [-0.05, 0) is 24.3 Å². The minimum absolute atomic E-state index is 0.0507. The van der Waals surface area contributed by atoms with Gasteiger partial charge in [-0.15, -0.1) is 0 Å². The number of benzene rings is 2. The van der Waals surface area contributed by atoms with Crippen molar-refractivity contribution in [1.29, 1.82) is 0 Å². The van der Waals surface area contributed by atoms with Gasteiger partial charge >= 0.3 is 6.18 Å². The van der Waals surface area contributed by atoms with Crippen LogP contribution in [0.4, 0.5) is 13.2 Å². The molecular weight excluding hydrogens is 525 g/mol. The fourth-order valence-corrected chi connectivity index (χ4v) is 5.63. The molecule has 0 unspecified atom stereocenters. The predicted octanol–water partition coefficient (Wildman–Crippen LogP) is 3.12. The van der Waals surface area contributed by atoms with Gasteiger partial charge in [0.25, 0.3) is 5.56 Å². The summed E-state index contributed by atoms with van der Waals surface area (Å²) in [6.07, 6.45) is -4.78. The quantitative estimate of drug-likeness (QED) is 0.506. The second-order valence-corrected chi connectivity index (χ2v) is 10.4. The number of hydrogen-bond acceptors (Lipinski definition) is 7. The number of ether oxygens (including phenoxy) is 2. The predicted molar refractivity (Wildman–Crippen MR) is 126 cm³/mol. The van der Waals surface area contributed by atoms with Crippen molar-refractivity contribution >= 4 is 32.5 Å². The maximum atomic E-state index is 13.2. The monoisotopic (exact) mass is 546 g/mol. The van der Waals surface area contributed by atoms with Gasteiger partial charge in [-0.3, -0.25) is 9.69 Å². The van der Waals surface area contributed by atoms with E-state index in [1.807, 2.05) is 4.90 Å². The van der Waals surface area contributed by atoms with Crippen LogP contribution in [-0.4, -0.2) is 68.0 Å². The first-order chi connectivity index (χ1) is 16.9. The van der Waals surface area contributed by atoms with Crippen LogP contribution in [0.5, 0.6) is 11.5 Å². The van der Waals surface area contributed by atoms with E-state index in [0.717, 1.165) is 16.4 Å². The van der Waals surface area contributed by atoms with E-state index in [4.69, 9.17) is 21.1 Å². The van der Waals surface area contributed by atoms with Gasteiger partial charge < -0.3 is 14.5 Å². The van der Waals surface area contributed by atoms with Gasteiger partial charge in [0.05, 0.1) is 47.1 Å². The van der Waals surface area contributed by atoms with E-state index in [1.54, 1.807) is 6.07 Å². The van der Waals surface area contributed by atoms with Crippen LogP contribution in [0, 0.1) is 0 Å². The molecule has 0 radical (unpaired) electrons. The van der Waals surface area contributed by atoms with E-state index in [1.165, 1.54) is 20.3 Å². The normalized spacial score (nSPS) is 15.8. The summed E-state index contributed by atoms with van der Waals surface area (Å²) in [4.78, 5) is 21.2. The number of aromatic nitrogens is 2. The number of fused-ring (bicyclic) bond motifs is 1. The summed E-state index contributed by atoms with van der Waals surface area (Å²) < 4.78 is 77.1. The molecule has 0 aliphatic carbocycles. The lowest BCUT2D eigenvalue weighted by Gasteiger charge is -2.33. The third kappa shape index (κ3) is 5.14. The van der Waals surface area contributed by atoms with Crippen molar-refractivity contribution in [2.24, 2.45) is 0 Å². The summed E-state index contributed by atoms with van der Waals surface area (Å²) >= 11 is 5.61. The summed E-state index contributed by atoms with van der Waals surface area (Å²) in [6.45, 7) is 0.913. The fraction of sp³-hybridized carbons (Fsp3) is 0.364. The maximum Gasteiger partial charge on any atom is 0.417 e. The number of nitrogens with one attached hydrogen (secondary N) is 1. The number of sulfonamides is 1. The molecule has 1 aliphatic rings. The number of hydrogen-bond donors (Lipinski definition) is 1. The second-order valence-electron chi connectivity index (χ2n) is 8.06. The largest absolute Gasteiger partial charge is 0.493 e. The van der Waals surface area contributed by atoms with E-state index in [-0.39, 0.29) is 38.3 Å². The zero-order chi connectivity index (χ0) is 26.3. The minimum atomic E-state index is -4.78. The van der Waals surface area contributed by atoms with Crippen molar-refractivity contribution in [3.8, 4) is 11.5 Å². The number of rotatable bonds is 6. The average molecular weight is 547 g/mol. The highest BCUT2D eigenvalue weighted by Gasteiger charge is 2.36. The lowest BCUT2D eigenvalue weighted by atomic mass is 10.2. The smallest absolute Gasteiger partial charge is 0.417 e. The van der Waals surface area contributed by atoms with E-state index in [2.05, 4.69) is 9.97 Å². The number of H-pyrrole nitrogens is 1. The molecule has 0 spiro atoms. The molecule has 14 heteroatoms. The minimum Gasteiger partial charge on any atom is -0.493 e. The molecule has 0 amide bonds. The Labute approximate surface area is 209 Å². The number of methoxy groups -OCH3 is 2. The van der Waals surface area contributed by atoms with Gasteiger partial charge in [0.1, 0.15) is 5.82 Å². The van der Waals surface area contributed by atoms with Crippen molar-refractivity contribution in [2.75, 3.05) is 40.4 Å². The standard InChI is InChI=1S/C22H22ClF3N4O5S/c1-34-18-10-14-17(11-19(18)35-2)27-20(28-21(14)31)12-29-5-7-30(8-6-29)36(32,33)13-3-4-16(23)15(9-13)22(24,25)26/h3-4,9-11H,5-8,12H2,1-2H3,(H,27,28,31). The number of halogens is 4. The molecule has 4 rings (SSSR count). The Morgan fingerprint density at radius 3 is 2.31 bits per heavy atom. The molecule has 0 saturated carbocycles. The summed E-state index contributed by atoms with van der Waals surface area (Å²) in [7, 11) is -1.23. The molecule has 0 bridgehead atoms. The van der Waals surface area contributed by atoms with Gasteiger partial charge in [0.15, 0.2) is 11.5 Å². The van der Waals surface area contributed by atoms with Gasteiger partial charge in [-0.25, -0.2) is 13.4 Å². The molecule has 194 valence electrons. The fourth-order valence-electron chi connectivity index (χ4n) is 3.96. The molecule has 2 heterocycles. The number of piperazine rings is 1. The Morgan fingerprint density at radius 2 is 1.69 bits per heavy atom. The van der Waals surface area contributed by atoms with Crippen LogP contribution in [0.15, 0.2) is 40.0 Å². The summed E-state index contributed by atoms with van der Waals surface area (Å²) in [6, 6.07) is 5.68. The van der Waals surface area contributed by atoms with Crippen LogP contribution in [-0.2, 0) is 22.7 Å². The molecular formula is C22H22ClF3N4O5S.